The van der Waals surface area contributed by atoms with Crippen molar-refractivity contribution in [3.63, 3.8) is 0 Å². The molecule has 0 saturated carbocycles. The largest absolute Gasteiger partial charge is 0.396 e. The highest BCUT2D eigenvalue weighted by molar-refractivity contribution is 7.89. The van der Waals surface area contributed by atoms with Gasteiger partial charge in [-0.05, 0) is 42.0 Å². The first kappa shape index (κ1) is 31.1. The van der Waals surface area contributed by atoms with Crippen molar-refractivity contribution in [2.45, 2.75) is 44.0 Å². The van der Waals surface area contributed by atoms with Crippen LogP contribution in [0.2, 0.25) is 0 Å². The Bertz CT molecular complexity index is 1290. The number of aliphatic hydroxyl groups excluding tert-OH is 1. The molecule has 1 unspecified atom stereocenters. The Labute approximate surface area is 234 Å². The van der Waals surface area contributed by atoms with Crippen LogP contribution in [-0.4, -0.2) is 74.3 Å². The third-order valence-corrected chi connectivity index (χ3v) is 9.04. The summed E-state index contributed by atoms with van der Waals surface area (Å²) in [6.45, 7) is 3.30. The minimum Gasteiger partial charge on any atom is -0.396 e. The first-order valence-electron chi connectivity index (χ1n) is 13.2. The van der Waals surface area contributed by atoms with E-state index in [1.165, 1.54) is 18.2 Å². The smallest absolute Gasteiger partial charge is 0.287 e. The fourth-order valence-electron chi connectivity index (χ4n) is 4.43. The summed E-state index contributed by atoms with van der Waals surface area (Å²) in [5.41, 5.74) is 0.872. The van der Waals surface area contributed by atoms with Gasteiger partial charge < -0.3 is 15.7 Å². The van der Waals surface area contributed by atoms with Crippen molar-refractivity contribution in [3.05, 3.63) is 59.5 Å². The van der Waals surface area contributed by atoms with Gasteiger partial charge in [0.15, 0.2) is 6.04 Å². The summed E-state index contributed by atoms with van der Waals surface area (Å²) in [6, 6.07) is 15.2. The molecule has 0 aliphatic carbocycles. The molecule has 2 aromatic carbocycles. The van der Waals surface area contributed by atoms with Gasteiger partial charge in [-0.15, -0.1) is 4.91 Å². The number of piperidine rings is 1. The van der Waals surface area contributed by atoms with Crippen molar-refractivity contribution >= 4 is 27.6 Å². The topological polar surface area (TPSA) is 162 Å². The number of nitroso groups, excluding NO2 is 1. The van der Waals surface area contributed by atoms with E-state index in [-0.39, 0.29) is 30.3 Å². The van der Waals surface area contributed by atoms with Gasteiger partial charge in [0.25, 0.3) is 5.91 Å². The number of carbonyl (C=O) groups excluding carboxylic acids is 3. The molecular formula is C28H36N4O7S. The number of carbonyl (C=O) groups is 3. The Balaban J connectivity index is 1.42. The highest BCUT2D eigenvalue weighted by Crippen LogP contribution is 2.26. The number of hydrogen-bond acceptors (Lipinski definition) is 8. The van der Waals surface area contributed by atoms with Crippen LogP contribution < -0.4 is 10.6 Å². The van der Waals surface area contributed by atoms with E-state index in [1.807, 2.05) is 30.3 Å². The van der Waals surface area contributed by atoms with Crippen LogP contribution in [0.3, 0.4) is 0 Å². The fraction of sp³-hybridized carbons (Fsp3) is 0.464. The average molecular weight is 573 g/mol. The molecule has 1 saturated heterocycles. The van der Waals surface area contributed by atoms with Gasteiger partial charge in [-0.3, -0.25) is 14.4 Å². The maximum atomic E-state index is 13.1. The summed E-state index contributed by atoms with van der Waals surface area (Å²) in [4.78, 5) is 47.8. The van der Waals surface area contributed by atoms with Crippen molar-refractivity contribution in [1.29, 1.82) is 0 Å². The normalized spacial score (nSPS) is 15.7. The number of nitrogens with one attached hydrogen (secondary N) is 2. The van der Waals surface area contributed by atoms with Crippen LogP contribution in [0, 0.1) is 16.2 Å². The lowest BCUT2D eigenvalue weighted by atomic mass is 9.85. The highest BCUT2D eigenvalue weighted by atomic mass is 32.2. The molecule has 0 spiro atoms. The van der Waals surface area contributed by atoms with Gasteiger partial charge in [0, 0.05) is 38.0 Å². The summed E-state index contributed by atoms with van der Waals surface area (Å²) >= 11 is 0. The van der Waals surface area contributed by atoms with Gasteiger partial charge in [-0.2, -0.15) is 4.31 Å². The van der Waals surface area contributed by atoms with Gasteiger partial charge >= 0.3 is 0 Å². The first-order chi connectivity index (χ1) is 19.0. The zero-order valence-corrected chi connectivity index (χ0v) is 23.5. The SMILES string of the molecule is CC(C)(CO)C(N=O)C(=O)NCCC(=O)C(=O)NCC1CCN(S(=O)(=O)c2ccc(-c3ccccc3)cc2)CC1. The van der Waals surface area contributed by atoms with E-state index in [0.717, 1.165) is 11.1 Å². The second-order valence-electron chi connectivity index (χ2n) is 10.6. The van der Waals surface area contributed by atoms with Gasteiger partial charge in [-0.1, -0.05) is 61.5 Å². The summed E-state index contributed by atoms with van der Waals surface area (Å²) in [5, 5.41) is 17.1. The second kappa shape index (κ2) is 13.7. The number of rotatable bonds is 13. The maximum absolute atomic E-state index is 13.1. The molecular weight excluding hydrogens is 536 g/mol. The number of amides is 2. The van der Waals surface area contributed by atoms with E-state index in [1.54, 1.807) is 24.3 Å². The summed E-state index contributed by atoms with van der Waals surface area (Å²) in [7, 11) is -3.65. The zero-order chi connectivity index (χ0) is 29.3. The van der Waals surface area contributed by atoms with E-state index in [9.17, 15) is 32.8 Å². The Morgan fingerprint density at radius 3 is 2.17 bits per heavy atom. The summed E-state index contributed by atoms with van der Waals surface area (Å²) < 4.78 is 27.7. The predicted octanol–water partition coefficient (Wildman–Crippen LogP) is 2.10. The summed E-state index contributed by atoms with van der Waals surface area (Å²) in [5.74, 6) is -2.22. The Morgan fingerprint density at radius 1 is 1.00 bits per heavy atom. The molecule has 0 aromatic heterocycles. The number of aliphatic hydroxyl groups is 1. The van der Waals surface area contributed by atoms with Crippen molar-refractivity contribution in [2.75, 3.05) is 32.8 Å². The minimum absolute atomic E-state index is 0.0171. The second-order valence-corrected chi connectivity index (χ2v) is 12.5. The Morgan fingerprint density at radius 2 is 1.60 bits per heavy atom. The van der Waals surface area contributed by atoms with Crippen molar-refractivity contribution in [1.82, 2.24) is 14.9 Å². The van der Waals surface area contributed by atoms with Crippen LogP contribution in [0.15, 0.2) is 64.7 Å². The van der Waals surface area contributed by atoms with Crippen molar-refractivity contribution in [2.24, 2.45) is 16.5 Å². The van der Waals surface area contributed by atoms with E-state index in [2.05, 4.69) is 15.8 Å². The lowest BCUT2D eigenvalue weighted by Crippen LogP contribution is -2.45. The third-order valence-electron chi connectivity index (χ3n) is 7.13. The number of hydrogen-bond donors (Lipinski definition) is 3. The lowest BCUT2D eigenvalue weighted by Gasteiger charge is -2.31. The number of Topliss-reactive ketones (excluding diaryl/α,β-unsaturated/α-hetero) is 1. The number of ketones is 1. The number of sulfonamides is 1. The molecule has 1 heterocycles. The monoisotopic (exact) mass is 572 g/mol. The molecule has 1 aliphatic rings. The quantitative estimate of drug-likeness (QED) is 0.244. The van der Waals surface area contributed by atoms with Crippen molar-refractivity contribution in [3.8, 4) is 11.1 Å². The third kappa shape index (κ3) is 7.80. The van der Waals surface area contributed by atoms with E-state index < -0.39 is 45.7 Å². The van der Waals surface area contributed by atoms with Crippen molar-refractivity contribution < 1.29 is 27.9 Å². The molecule has 40 heavy (non-hydrogen) atoms. The van der Waals surface area contributed by atoms with Gasteiger partial charge in [0.1, 0.15) is 0 Å². The number of benzene rings is 2. The minimum atomic E-state index is -3.65. The number of nitrogens with zero attached hydrogens (tertiary/aromatic N) is 2. The molecule has 2 amide bonds. The molecule has 11 nitrogen and oxygen atoms in total. The molecule has 216 valence electrons. The molecule has 1 fully saturated rings. The van der Waals surface area contributed by atoms with Crippen LogP contribution in [0.1, 0.15) is 33.1 Å². The lowest BCUT2D eigenvalue weighted by molar-refractivity contribution is -0.138. The van der Waals surface area contributed by atoms with Crippen LogP contribution in [0.25, 0.3) is 11.1 Å². The van der Waals surface area contributed by atoms with Crippen LogP contribution >= 0.6 is 0 Å². The molecule has 1 aliphatic heterocycles. The van der Waals surface area contributed by atoms with Gasteiger partial charge in [-0.25, -0.2) is 8.42 Å². The molecule has 0 radical (unpaired) electrons. The molecule has 3 N–H and O–H groups in total. The van der Waals surface area contributed by atoms with Gasteiger partial charge in [0.05, 0.1) is 11.5 Å². The van der Waals surface area contributed by atoms with E-state index in [0.29, 0.717) is 25.9 Å². The maximum Gasteiger partial charge on any atom is 0.287 e. The van der Waals surface area contributed by atoms with E-state index >= 15 is 0 Å². The average Bonchev–Trinajstić information content (AvgIpc) is 2.96. The Kier molecular flexibility index (Phi) is 10.7. The highest BCUT2D eigenvalue weighted by Gasteiger charge is 2.36. The first-order valence-corrected chi connectivity index (χ1v) is 14.6. The molecule has 2 aromatic rings. The zero-order valence-electron chi connectivity index (χ0n) is 22.7. The molecule has 12 heteroatoms. The van der Waals surface area contributed by atoms with E-state index in [4.69, 9.17) is 0 Å². The standard InChI is InChI=1S/C28H36N4O7S/c1-28(2,19-33)25(31-37)27(36)29-15-12-24(34)26(35)30-18-20-13-16-32(17-14-20)40(38,39)23-10-8-22(9-11-23)21-6-4-3-5-7-21/h3-11,20,25,33H,12-19H2,1-2H3,(H,29,36)(H,30,35). The fourth-order valence-corrected chi connectivity index (χ4v) is 5.90. The van der Waals surface area contributed by atoms with Crippen LogP contribution in [-0.2, 0) is 24.4 Å². The predicted molar refractivity (Wildman–Crippen MR) is 149 cm³/mol. The molecule has 0 bridgehead atoms. The van der Waals surface area contributed by atoms with Crippen LogP contribution in [0.5, 0.6) is 0 Å². The Hall–Kier alpha value is -3.48. The molecule has 3 rings (SSSR count). The van der Waals surface area contributed by atoms with Gasteiger partial charge in [0.2, 0.25) is 21.7 Å². The molecule has 1 atom stereocenters. The summed E-state index contributed by atoms with van der Waals surface area (Å²) in [6.07, 6.45) is 0.807. The van der Waals surface area contributed by atoms with Crippen LogP contribution in [0.4, 0.5) is 0 Å².